The van der Waals surface area contributed by atoms with Crippen molar-refractivity contribution in [3.63, 3.8) is 0 Å². The van der Waals surface area contributed by atoms with Crippen LogP contribution in [0.15, 0.2) is 36.8 Å². The molecule has 4 heteroatoms. The number of aromatic nitrogens is 3. The number of rotatable bonds is 5. The van der Waals surface area contributed by atoms with Crippen molar-refractivity contribution in [3.05, 3.63) is 42.4 Å². The summed E-state index contributed by atoms with van der Waals surface area (Å²) in [6.45, 7) is 6.30. The highest BCUT2D eigenvalue weighted by Gasteiger charge is 2.00. The molecule has 0 saturated carbocycles. The Bertz CT molecular complexity index is 448. The molecular weight excluding hydrogens is 212 g/mol. The highest BCUT2D eigenvalue weighted by molar-refractivity contribution is 5.26. The first kappa shape index (κ1) is 11.8. The molecule has 0 aliphatic carbocycles. The van der Waals surface area contributed by atoms with Crippen LogP contribution in [0.25, 0.3) is 5.82 Å². The number of hydrogen-bond acceptors (Lipinski definition) is 3. The molecule has 0 unspecified atom stereocenters. The molecule has 2 rings (SSSR count). The maximum atomic E-state index is 4.30. The molecule has 0 saturated heterocycles. The van der Waals surface area contributed by atoms with Crippen molar-refractivity contribution in [3.8, 4) is 5.82 Å². The normalized spacial score (nSPS) is 11.0. The lowest BCUT2D eigenvalue weighted by atomic mass is 10.2. The predicted octanol–water partition coefficient (Wildman–Crippen LogP) is 2.01. The second-order valence-electron chi connectivity index (χ2n) is 4.50. The fourth-order valence-electron chi connectivity index (χ4n) is 1.61. The molecule has 0 spiro atoms. The van der Waals surface area contributed by atoms with Gasteiger partial charge in [-0.05, 0) is 36.2 Å². The van der Waals surface area contributed by atoms with Crippen molar-refractivity contribution in [2.24, 2.45) is 5.92 Å². The highest BCUT2D eigenvalue weighted by atomic mass is 15.3. The van der Waals surface area contributed by atoms with Gasteiger partial charge in [0.05, 0.1) is 0 Å². The SMILES string of the molecule is CC(C)CNCc1ccnc(-n2cccn2)c1. The van der Waals surface area contributed by atoms with E-state index in [0.717, 1.165) is 18.9 Å². The molecule has 2 aromatic heterocycles. The Morgan fingerprint density at radius 3 is 2.94 bits per heavy atom. The lowest BCUT2D eigenvalue weighted by molar-refractivity contribution is 0.552. The largest absolute Gasteiger partial charge is 0.312 e. The van der Waals surface area contributed by atoms with E-state index in [2.05, 4.69) is 35.3 Å². The smallest absolute Gasteiger partial charge is 0.153 e. The Hall–Kier alpha value is -1.68. The molecule has 90 valence electrons. The standard InChI is InChI=1S/C13H18N4/c1-11(2)9-14-10-12-4-6-15-13(8-12)17-7-3-5-16-17/h3-8,11,14H,9-10H2,1-2H3. The van der Waals surface area contributed by atoms with Gasteiger partial charge in [0.1, 0.15) is 0 Å². The van der Waals surface area contributed by atoms with E-state index in [4.69, 9.17) is 0 Å². The second kappa shape index (κ2) is 5.59. The van der Waals surface area contributed by atoms with Gasteiger partial charge in [-0.1, -0.05) is 13.8 Å². The summed E-state index contributed by atoms with van der Waals surface area (Å²) in [5.41, 5.74) is 1.23. The Morgan fingerprint density at radius 2 is 2.24 bits per heavy atom. The molecule has 0 atom stereocenters. The fraction of sp³-hybridized carbons (Fsp3) is 0.385. The minimum Gasteiger partial charge on any atom is -0.312 e. The topological polar surface area (TPSA) is 42.7 Å². The third-order valence-electron chi connectivity index (χ3n) is 2.43. The molecular formula is C13H18N4. The zero-order valence-corrected chi connectivity index (χ0v) is 10.3. The Kier molecular flexibility index (Phi) is 3.88. The molecule has 17 heavy (non-hydrogen) atoms. The van der Waals surface area contributed by atoms with Crippen LogP contribution in [0.1, 0.15) is 19.4 Å². The first-order chi connectivity index (χ1) is 8.25. The monoisotopic (exact) mass is 230 g/mol. The number of nitrogens with one attached hydrogen (secondary N) is 1. The number of nitrogens with zero attached hydrogens (tertiary/aromatic N) is 3. The van der Waals surface area contributed by atoms with Gasteiger partial charge in [-0.15, -0.1) is 0 Å². The van der Waals surface area contributed by atoms with E-state index >= 15 is 0 Å². The maximum absolute atomic E-state index is 4.30. The molecule has 0 aliphatic rings. The third kappa shape index (κ3) is 3.39. The van der Waals surface area contributed by atoms with Crippen molar-refractivity contribution in [2.75, 3.05) is 6.54 Å². The van der Waals surface area contributed by atoms with Gasteiger partial charge in [0.15, 0.2) is 5.82 Å². The van der Waals surface area contributed by atoms with Crippen LogP contribution in [0.2, 0.25) is 0 Å². The molecule has 0 radical (unpaired) electrons. The number of pyridine rings is 1. The van der Waals surface area contributed by atoms with Crippen LogP contribution >= 0.6 is 0 Å². The average Bonchev–Trinajstić information content (AvgIpc) is 2.82. The van der Waals surface area contributed by atoms with E-state index in [-0.39, 0.29) is 0 Å². The average molecular weight is 230 g/mol. The van der Waals surface area contributed by atoms with Gasteiger partial charge in [-0.25, -0.2) is 9.67 Å². The van der Waals surface area contributed by atoms with E-state index in [9.17, 15) is 0 Å². The highest BCUT2D eigenvalue weighted by Crippen LogP contribution is 2.06. The quantitative estimate of drug-likeness (QED) is 0.854. The van der Waals surface area contributed by atoms with Crippen LogP contribution in [0, 0.1) is 5.92 Å². The summed E-state index contributed by atoms with van der Waals surface area (Å²) in [6, 6.07) is 5.98. The molecule has 2 aromatic rings. The van der Waals surface area contributed by atoms with Crippen LogP contribution < -0.4 is 5.32 Å². The number of hydrogen-bond donors (Lipinski definition) is 1. The Balaban J connectivity index is 2.02. The van der Waals surface area contributed by atoms with Crippen LogP contribution in [0.3, 0.4) is 0 Å². The van der Waals surface area contributed by atoms with Gasteiger partial charge in [-0.2, -0.15) is 5.10 Å². The zero-order chi connectivity index (χ0) is 12.1. The molecule has 4 nitrogen and oxygen atoms in total. The van der Waals surface area contributed by atoms with E-state index < -0.39 is 0 Å². The van der Waals surface area contributed by atoms with Crippen molar-refractivity contribution in [2.45, 2.75) is 20.4 Å². The minimum atomic E-state index is 0.669. The summed E-state index contributed by atoms with van der Waals surface area (Å²) in [5, 5.41) is 7.59. The Morgan fingerprint density at radius 1 is 1.35 bits per heavy atom. The molecule has 0 bridgehead atoms. The van der Waals surface area contributed by atoms with Gasteiger partial charge in [0.2, 0.25) is 0 Å². The molecule has 0 aliphatic heterocycles. The van der Waals surface area contributed by atoms with E-state index in [0.29, 0.717) is 5.92 Å². The van der Waals surface area contributed by atoms with Crippen LogP contribution in [0.5, 0.6) is 0 Å². The fourth-order valence-corrected chi connectivity index (χ4v) is 1.61. The van der Waals surface area contributed by atoms with E-state index in [1.54, 1.807) is 10.9 Å². The van der Waals surface area contributed by atoms with E-state index in [1.165, 1.54) is 5.56 Å². The van der Waals surface area contributed by atoms with Crippen molar-refractivity contribution in [1.29, 1.82) is 0 Å². The summed E-state index contributed by atoms with van der Waals surface area (Å²) in [7, 11) is 0. The van der Waals surface area contributed by atoms with Crippen molar-refractivity contribution < 1.29 is 0 Å². The van der Waals surface area contributed by atoms with Crippen molar-refractivity contribution >= 4 is 0 Å². The summed E-state index contributed by atoms with van der Waals surface area (Å²) in [6.07, 6.45) is 5.47. The van der Waals surface area contributed by atoms with Gasteiger partial charge in [0, 0.05) is 25.1 Å². The molecule has 0 fully saturated rings. The summed E-state index contributed by atoms with van der Waals surface area (Å²) >= 11 is 0. The van der Waals surface area contributed by atoms with Gasteiger partial charge in [0.25, 0.3) is 0 Å². The molecule has 1 N–H and O–H groups in total. The summed E-state index contributed by atoms with van der Waals surface area (Å²) in [5.74, 6) is 1.53. The lowest BCUT2D eigenvalue weighted by Gasteiger charge is -2.08. The summed E-state index contributed by atoms with van der Waals surface area (Å²) in [4.78, 5) is 4.30. The van der Waals surface area contributed by atoms with Crippen molar-refractivity contribution in [1.82, 2.24) is 20.1 Å². The third-order valence-corrected chi connectivity index (χ3v) is 2.43. The van der Waals surface area contributed by atoms with Gasteiger partial charge < -0.3 is 5.32 Å². The second-order valence-corrected chi connectivity index (χ2v) is 4.50. The van der Waals surface area contributed by atoms with Crippen LogP contribution in [-0.4, -0.2) is 21.3 Å². The predicted molar refractivity (Wildman–Crippen MR) is 67.9 cm³/mol. The summed E-state index contributed by atoms with van der Waals surface area (Å²) < 4.78 is 1.77. The molecule has 2 heterocycles. The lowest BCUT2D eigenvalue weighted by Crippen LogP contribution is -2.19. The zero-order valence-electron chi connectivity index (χ0n) is 10.3. The molecule has 0 amide bonds. The maximum Gasteiger partial charge on any atom is 0.153 e. The van der Waals surface area contributed by atoms with Gasteiger partial charge in [-0.3, -0.25) is 0 Å². The van der Waals surface area contributed by atoms with E-state index in [1.807, 2.05) is 24.5 Å². The minimum absolute atomic E-state index is 0.669. The first-order valence-corrected chi connectivity index (χ1v) is 5.91. The Labute approximate surface area is 102 Å². The molecule has 0 aromatic carbocycles. The van der Waals surface area contributed by atoms with Gasteiger partial charge >= 0.3 is 0 Å². The first-order valence-electron chi connectivity index (χ1n) is 5.91. The van der Waals surface area contributed by atoms with Crippen LogP contribution in [0.4, 0.5) is 0 Å². The van der Waals surface area contributed by atoms with Crippen LogP contribution in [-0.2, 0) is 6.54 Å².